The smallest absolute Gasteiger partial charge is 0.306 e. The number of alkyl halides is 3. The van der Waals surface area contributed by atoms with E-state index in [2.05, 4.69) is 28.2 Å². The predicted octanol–water partition coefficient (Wildman–Crippen LogP) is 5.43. The molecule has 4 rings (SSSR count). The molecule has 3 aromatic rings. The number of hydrogen-bond donors (Lipinski definition) is 0. The molecule has 1 atom stereocenters. The van der Waals surface area contributed by atoms with Gasteiger partial charge >= 0.3 is 6.18 Å². The Hall–Kier alpha value is -2.47. The number of likely N-dealkylation sites (tertiary alicyclic amines) is 1. The van der Waals surface area contributed by atoms with Crippen LogP contribution in [0.15, 0.2) is 42.5 Å². The highest BCUT2D eigenvalue weighted by Gasteiger charge is 2.30. The zero-order valence-corrected chi connectivity index (χ0v) is 15.9. The molecule has 3 nitrogen and oxygen atoms in total. The normalized spacial score (nSPS) is 18.5. The van der Waals surface area contributed by atoms with E-state index in [1.807, 2.05) is 19.1 Å². The van der Waals surface area contributed by atoms with E-state index in [1.54, 1.807) is 0 Å². The van der Waals surface area contributed by atoms with Gasteiger partial charge < -0.3 is 4.90 Å². The number of halogens is 3. The second-order valence-electron chi connectivity index (χ2n) is 7.59. The Balaban J connectivity index is 1.75. The van der Waals surface area contributed by atoms with Gasteiger partial charge in [0.25, 0.3) is 0 Å². The van der Waals surface area contributed by atoms with E-state index in [0.717, 1.165) is 54.5 Å². The molecule has 0 bridgehead atoms. The van der Waals surface area contributed by atoms with Gasteiger partial charge in [-0.25, -0.2) is 0 Å². The maximum absolute atomic E-state index is 12.8. The monoisotopic (exact) mass is 385 g/mol. The topological polar surface area (TPSA) is 29.0 Å². The average Bonchev–Trinajstić information content (AvgIpc) is 2.67. The summed E-state index contributed by atoms with van der Waals surface area (Å²) in [6, 6.07) is 11.3. The summed E-state index contributed by atoms with van der Waals surface area (Å²) in [6.45, 7) is 4.07. The Morgan fingerprint density at radius 3 is 2.46 bits per heavy atom. The highest BCUT2D eigenvalue weighted by molar-refractivity contribution is 5.89. The van der Waals surface area contributed by atoms with Gasteiger partial charge in [-0.1, -0.05) is 30.3 Å². The second kappa shape index (κ2) is 7.17. The molecule has 1 aliphatic heterocycles. The van der Waals surface area contributed by atoms with E-state index in [9.17, 15) is 13.2 Å². The molecule has 146 valence electrons. The van der Waals surface area contributed by atoms with Crippen molar-refractivity contribution in [2.75, 3.05) is 20.1 Å². The fourth-order valence-corrected chi connectivity index (χ4v) is 4.12. The maximum atomic E-state index is 12.8. The minimum absolute atomic E-state index is 0.424. The number of hydrogen-bond acceptors (Lipinski definition) is 3. The van der Waals surface area contributed by atoms with Crippen LogP contribution < -0.4 is 0 Å². The van der Waals surface area contributed by atoms with Crippen LogP contribution in [0.3, 0.4) is 0 Å². The lowest BCUT2D eigenvalue weighted by molar-refractivity contribution is -0.137. The molecule has 28 heavy (non-hydrogen) atoms. The lowest BCUT2D eigenvalue weighted by Gasteiger charge is -2.30. The van der Waals surface area contributed by atoms with Crippen molar-refractivity contribution in [3.8, 4) is 11.3 Å². The SMILES string of the molecule is Cc1c(-c2ccc(C(F)(F)F)cc2)nnc2c(C3CCCN(C)C3)cccc12. The lowest BCUT2D eigenvalue weighted by Crippen LogP contribution is -2.31. The minimum Gasteiger partial charge on any atom is -0.306 e. The van der Waals surface area contributed by atoms with E-state index < -0.39 is 11.7 Å². The van der Waals surface area contributed by atoms with Crippen molar-refractivity contribution in [3.05, 3.63) is 59.2 Å². The van der Waals surface area contributed by atoms with Gasteiger partial charge in [-0.15, -0.1) is 10.2 Å². The molecule has 2 aromatic carbocycles. The first kappa shape index (κ1) is 18.9. The third kappa shape index (κ3) is 3.49. The van der Waals surface area contributed by atoms with Crippen LogP contribution in [0.2, 0.25) is 0 Å². The number of likely N-dealkylation sites (N-methyl/N-ethyl adjacent to an activating group) is 1. The molecular weight excluding hydrogens is 363 g/mol. The average molecular weight is 385 g/mol. The molecule has 1 aromatic heterocycles. The van der Waals surface area contributed by atoms with Crippen molar-refractivity contribution in [1.29, 1.82) is 0 Å². The van der Waals surface area contributed by atoms with Crippen molar-refractivity contribution in [2.45, 2.75) is 31.9 Å². The molecule has 0 spiro atoms. The Bertz CT molecular complexity index is 996. The van der Waals surface area contributed by atoms with Crippen molar-refractivity contribution in [1.82, 2.24) is 15.1 Å². The van der Waals surface area contributed by atoms with E-state index in [-0.39, 0.29) is 0 Å². The molecule has 1 fully saturated rings. The standard InChI is InChI=1S/C22H22F3N3/c1-14-18-6-3-7-19(16-5-4-12-28(2)13-16)21(18)27-26-20(14)15-8-10-17(11-9-15)22(23,24)25/h3,6-11,16H,4-5,12-13H2,1-2H3. The van der Waals surface area contributed by atoms with Gasteiger partial charge in [0.15, 0.2) is 0 Å². The molecular formula is C22H22F3N3. The van der Waals surface area contributed by atoms with Gasteiger partial charge in [-0.3, -0.25) is 0 Å². The van der Waals surface area contributed by atoms with Gasteiger partial charge in [0.2, 0.25) is 0 Å². The lowest BCUT2D eigenvalue weighted by atomic mass is 9.88. The third-order valence-corrected chi connectivity index (χ3v) is 5.63. The van der Waals surface area contributed by atoms with Crippen molar-refractivity contribution < 1.29 is 13.2 Å². The number of fused-ring (bicyclic) bond motifs is 1. The Morgan fingerprint density at radius 2 is 1.79 bits per heavy atom. The molecule has 1 unspecified atom stereocenters. The van der Waals surface area contributed by atoms with Crippen LogP contribution in [0.1, 0.15) is 35.4 Å². The van der Waals surface area contributed by atoms with Crippen LogP contribution in [0.4, 0.5) is 13.2 Å². The zero-order chi connectivity index (χ0) is 19.9. The number of benzene rings is 2. The number of aromatic nitrogens is 2. The maximum Gasteiger partial charge on any atom is 0.416 e. The van der Waals surface area contributed by atoms with E-state index in [4.69, 9.17) is 0 Å². The van der Waals surface area contributed by atoms with Crippen molar-refractivity contribution in [2.24, 2.45) is 0 Å². The van der Waals surface area contributed by atoms with Crippen LogP contribution in [0, 0.1) is 6.92 Å². The summed E-state index contributed by atoms with van der Waals surface area (Å²) in [5, 5.41) is 9.91. The summed E-state index contributed by atoms with van der Waals surface area (Å²) in [6.07, 6.45) is -2.05. The van der Waals surface area contributed by atoms with Crippen LogP contribution in [0.25, 0.3) is 22.2 Å². The van der Waals surface area contributed by atoms with E-state index in [1.165, 1.54) is 17.7 Å². The predicted molar refractivity (Wildman–Crippen MR) is 104 cm³/mol. The first-order valence-electron chi connectivity index (χ1n) is 9.46. The van der Waals surface area contributed by atoms with Gasteiger partial charge in [0, 0.05) is 17.5 Å². The molecule has 0 saturated carbocycles. The molecule has 1 saturated heterocycles. The Kier molecular flexibility index (Phi) is 4.83. The largest absolute Gasteiger partial charge is 0.416 e. The molecule has 0 radical (unpaired) electrons. The minimum atomic E-state index is -4.34. The molecule has 0 aliphatic carbocycles. The summed E-state index contributed by atoms with van der Waals surface area (Å²) in [7, 11) is 2.14. The molecule has 2 heterocycles. The van der Waals surface area contributed by atoms with Crippen LogP contribution in [-0.4, -0.2) is 35.2 Å². The first-order valence-corrected chi connectivity index (χ1v) is 9.46. The van der Waals surface area contributed by atoms with Crippen molar-refractivity contribution in [3.63, 3.8) is 0 Å². The number of nitrogens with zero attached hydrogens (tertiary/aromatic N) is 3. The highest BCUT2D eigenvalue weighted by Crippen LogP contribution is 2.35. The first-order chi connectivity index (χ1) is 13.3. The molecule has 6 heteroatoms. The summed E-state index contributed by atoms with van der Waals surface area (Å²) in [4.78, 5) is 2.34. The summed E-state index contributed by atoms with van der Waals surface area (Å²) in [5.41, 5.74) is 3.65. The molecule has 0 amide bonds. The fourth-order valence-electron chi connectivity index (χ4n) is 4.12. The van der Waals surface area contributed by atoms with Gasteiger partial charge in [-0.05, 0) is 62.5 Å². The third-order valence-electron chi connectivity index (χ3n) is 5.63. The second-order valence-corrected chi connectivity index (χ2v) is 7.59. The van der Waals surface area contributed by atoms with Crippen LogP contribution >= 0.6 is 0 Å². The van der Waals surface area contributed by atoms with E-state index >= 15 is 0 Å². The number of piperidine rings is 1. The summed E-state index contributed by atoms with van der Waals surface area (Å²) in [5.74, 6) is 0.424. The molecule has 1 aliphatic rings. The number of aryl methyl sites for hydroxylation is 1. The number of rotatable bonds is 2. The van der Waals surface area contributed by atoms with Crippen molar-refractivity contribution >= 4 is 10.9 Å². The Morgan fingerprint density at radius 1 is 1.04 bits per heavy atom. The fraction of sp³-hybridized carbons (Fsp3) is 0.364. The van der Waals surface area contributed by atoms with Gasteiger partial charge in [0.05, 0.1) is 16.8 Å². The van der Waals surface area contributed by atoms with Crippen LogP contribution in [-0.2, 0) is 6.18 Å². The van der Waals surface area contributed by atoms with E-state index in [0.29, 0.717) is 17.2 Å². The summed E-state index contributed by atoms with van der Waals surface area (Å²) < 4.78 is 38.5. The zero-order valence-electron chi connectivity index (χ0n) is 15.9. The molecule has 0 N–H and O–H groups in total. The van der Waals surface area contributed by atoms with Crippen LogP contribution in [0.5, 0.6) is 0 Å². The quantitative estimate of drug-likeness (QED) is 0.589. The Labute approximate surface area is 162 Å². The summed E-state index contributed by atoms with van der Waals surface area (Å²) >= 11 is 0. The van der Waals surface area contributed by atoms with Gasteiger partial charge in [0.1, 0.15) is 0 Å². The van der Waals surface area contributed by atoms with Gasteiger partial charge in [-0.2, -0.15) is 13.2 Å². The highest BCUT2D eigenvalue weighted by atomic mass is 19.4.